The molecule has 3 N–H and O–H groups in total. The lowest BCUT2D eigenvalue weighted by Crippen LogP contribution is -2.37. The number of hydrogen-bond acceptors (Lipinski definition) is 4. The van der Waals surface area contributed by atoms with Gasteiger partial charge in [-0.1, -0.05) is 19.3 Å². The Morgan fingerprint density at radius 2 is 2.11 bits per heavy atom. The third kappa shape index (κ3) is 1.40. The Morgan fingerprint density at radius 1 is 1.22 bits per heavy atom. The molecule has 0 saturated heterocycles. The molecule has 4 rings (SSSR count). The van der Waals surface area contributed by atoms with Gasteiger partial charge in [0.05, 0.1) is 11.4 Å². The van der Waals surface area contributed by atoms with Gasteiger partial charge in [-0.05, 0) is 18.9 Å². The second-order valence-electron chi connectivity index (χ2n) is 5.19. The monoisotopic (exact) mass is 243 g/mol. The van der Waals surface area contributed by atoms with Crippen LogP contribution < -0.4 is 11.0 Å². The first-order valence-corrected chi connectivity index (χ1v) is 6.70. The van der Waals surface area contributed by atoms with Crippen molar-refractivity contribution in [2.24, 2.45) is 10.9 Å². The molecule has 1 aliphatic carbocycles. The average molecular weight is 243 g/mol. The van der Waals surface area contributed by atoms with E-state index in [-0.39, 0.29) is 0 Å². The standard InChI is InChI=1S/C13H17N5/c1-2-4-9(5-3-1)11-12-10-6-7-14-13(10)15-8-18(12)17-16-11/h6-9,14,16-17H,1-5H2. The van der Waals surface area contributed by atoms with Gasteiger partial charge in [-0.3, -0.25) is 0 Å². The molecule has 1 aromatic heterocycles. The van der Waals surface area contributed by atoms with Gasteiger partial charge in [0.25, 0.3) is 0 Å². The summed E-state index contributed by atoms with van der Waals surface area (Å²) in [5, 5.41) is 1.99. The first kappa shape index (κ1) is 10.2. The van der Waals surface area contributed by atoms with Crippen molar-refractivity contribution in [2.45, 2.75) is 32.1 Å². The van der Waals surface area contributed by atoms with Gasteiger partial charge < -0.3 is 10.4 Å². The summed E-state index contributed by atoms with van der Waals surface area (Å²) in [4.78, 5) is 7.56. The number of nitrogens with zero attached hydrogens (tertiary/aromatic N) is 2. The third-order valence-electron chi connectivity index (χ3n) is 4.10. The summed E-state index contributed by atoms with van der Waals surface area (Å²) in [5.41, 5.74) is 10.3. The lowest BCUT2D eigenvalue weighted by Gasteiger charge is -2.24. The minimum Gasteiger partial charge on any atom is -0.346 e. The maximum Gasteiger partial charge on any atom is 0.141 e. The Labute approximate surface area is 106 Å². The first-order chi connectivity index (χ1) is 8.93. The summed E-state index contributed by atoms with van der Waals surface area (Å²) in [6.07, 6.45) is 10.4. The number of aliphatic imine (C=N–C) groups is 1. The van der Waals surface area contributed by atoms with Crippen molar-refractivity contribution in [3.63, 3.8) is 0 Å². The highest BCUT2D eigenvalue weighted by Crippen LogP contribution is 2.39. The molecule has 0 atom stereocenters. The van der Waals surface area contributed by atoms with Crippen LogP contribution in [-0.2, 0) is 0 Å². The van der Waals surface area contributed by atoms with Crippen LogP contribution in [0.5, 0.6) is 0 Å². The molecule has 5 heteroatoms. The van der Waals surface area contributed by atoms with Crippen LogP contribution in [0.2, 0.25) is 0 Å². The van der Waals surface area contributed by atoms with Crippen LogP contribution in [0.25, 0.3) is 5.70 Å². The molecule has 0 spiro atoms. The normalized spacial score (nSPS) is 23.0. The SMILES string of the molecule is C1=Nc2[nH]ccc2C2=C(C3CCCCC3)NNN12. The van der Waals surface area contributed by atoms with Crippen LogP contribution in [0, 0.1) is 5.92 Å². The number of allylic oxidation sites excluding steroid dienone is 1. The number of rotatable bonds is 1. The smallest absolute Gasteiger partial charge is 0.141 e. The summed E-state index contributed by atoms with van der Waals surface area (Å²) < 4.78 is 0. The molecule has 0 unspecified atom stereocenters. The molecule has 0 amide bonds. The minimum absolute atomic E-state index is 0.653. The molecule has 1 fully saturated rings. The molecule has 3 heterocycles. The van der Waals surface area contributed by atoms with Crippen molar-refractivity contribution in [2.75, 3.05) is 0 Å². The maximum atomic E-state index is 4.38. The van der Waals surface area contributed by atoms with Crippen molar-refractivity contribution >= 4 is 17.9 Å². The third-order valence-corrected chi connectivity index (χ3v) is 4.10. The number of aromatic amines is 1. The molecule has 18 heavy (non-hydrogen) atoms. The van der Waals surface area contributed by atoms with Crippen LogP contribution in [0.4, 0.5) is 5.82 Å². The zero-order valence-corrected chi connectivity index (χ0v) is 10.2. The zero-order chi connectivity index (χ0) is 11.9. The fourth-order valence-corrected chi connectivity index (χ4v) is 3.19. The number of aromatic nitrogens is 1. The van der Waals surface area contributed by atoms with Crippen LogP contribution in [0.3, 0.4) is 0 Å². The molecule has 5 nitrogen and oxygen atoms in total. The summed E-state index contributed by atoms with van der Waals surface area (Å²) in [6.45, 7) is 0. The van der Waals surface area contributed by atoms with Crippen molar-refractivity contribution in [1.82, 2.24) is 21.0 Å². The maximum absolute atomic E-state index is 4.38. The van der Waals surface area contributed by atoms with E-state index in [1.807, 2.05) is 17.5 Å². The molecule has 94 valence electrons. The van der Waals surface area contributed by atoms with Crippen molar-refractivity contribution < 1.29 is 0 Å². The van der Waals surface area contributed by atoms with E-state index in [0.717, 1.165) is 5.82 Å². The summed E-state index contributed by atoms with van der Waals surface area (Å²) in [5.74, 6) is 1.61. The van der Waals surface area contributed by atoms with Crippen molar-refractivity contribution in [3.8, 4) is 0 Å². The van der Waals surface area contributed by atoms with E-state index in [2.05, 4.69) is 27.0 Å². The van der Waals surface area contributed by atoms with Gasteiger partial charge in [0.15, 0.2) is 0 Å². The van der Waals surface area contributed by atoms with E-state index in [9.17, 15) is 0 Å². The molecule has 2 aliphatic heterocycles. The Bertz CT molecular complexity index is 521. The van der Waals surface area contributed by atoms with Gasteiger partial charge >= 0.3 is 0 Å². The van der Waals surface area contributed by atoms with E-state index in [0.29, 0.717) is 5.92 Å². The molecule has 1 saturated carbocycles. The van der Waals surface area contributed by atoms with Crippen LogP contribution in [0.15, 0.2) is 23.0 Å². The van der Waals surface area contributed by atoms with Gasteiger partial charge in [0, 0.05) is 17.7 Å². The highest BCUT2D eigenvalue weighted by atomic mass is 15.7. The summed E-state index contributed by atoms with van der Waals surface area (Å²) in [7, 11) is 0. The quantitative estimate of drug-likeness (QED) is 0.709. The van der Waals surface area contributed by atoms with E-state index in [1.54, 1.807) is 0 Å². The molecule has 3 aliphatic rings. The van der Waals surface area contributed by atoms with E-state index in [4.69, 9.17) is 0 Å². The van der Waals surface area contributed by atoms with Gasteiger partial charge in [-0.2, -0.15) is 0 Å². The minimum atomic E-state index is 0.653. The van der Waals surface area contributed by atoms with Crippen LogP contribution in [-0.4, -0.2) is 16.3 Å². The first-order valence-electron chi connectivity index (χ1n) is 6.70. The highest BCUT2D eigenvalue weighted by Gasteiger charge is 2.32. The number of hydrogen-bond donors (Lipinski definition) is 3. The molecule has 0 radical (unpaired) electrons. The molecular weight excluding hydrogens is 226 g/mol. The van der Waals surface area contributed by atoms with Crippen molar-refractivity contribution in [3.05, 3.63) is 23.5 Å². The summed E-state index contributed by atoms with van der Waals surface area (Å²) in [6, 6.07) is 2.10. The van der Waals surface area contributed by atoms with Crippen LogP contribution >= 0.6 is 0 Å². The number of fused-ring (bicyclic) bond motifs is 3. The average Bonchev–Trinajstić information content (AvgIpc) is 3.05. The van der Waals surface area contributed by atoms with Gasteiger partial charge in [-0.25, -0.2) is 10.0 Å². The summed E-state index contributed by atoms with van der Waals surface area (Å²) >= 11 is 0. The predicted octanol–water partition coefficient (Wildman–Crippen LogP) is 2.26. The number of hydrazine groups is 2. The molecule has 0 bridgehead atoms. The fourth-order valence-electron chi connectivity index (χ4n) is 3.19. The van der Waals surface area contributed by atoms with Crippen LogP contribution in [0.1, 0.15) is 37.7 Å². The van der Waals surface area contributed by atoms with E-state index < -0.39 is 0 Å². The predicted molar refractivity (Wildman–Crippen MR) is 70.6 cm³/mol. The zero-order valence-electron chi connectivity index (χ0n) is 10.2. The second-order valence-corrected chi connectivity index (χ2v) is 5.19. The Morgan fingerprint density at radius 3 is 3.00 bits per heavy atom. The Kier molecular flexibility index (Phi) is 2.20. The second kappa shape index (κ2) is 3.88. The largest absolute Gasteiger partial charge is 0.346 e. The molecular formula is C13H17N5. The highest BCUT2D eigenvalue weighted by molar-refractivity contribution is 5.87. The topological polar surface area (TPSA) is 55.5 Å². The van der Waals surface area contributed by atoms with E-state index >= 15 is 0 Å². The molecule has 1 aromatic rings. The lowest BCUT2D eigenvalue weighted by molar-refractivity contribution is 0.366. The van der Waals surface area contributed by atoms with Gasteiger partial charge in [0.2, 0.25) is 0 Å². The van der Waals surface area contributed by atoms with Gasteiger partial charge in [0.1, 0.15) is 12.2 Å². The van der Waals surface area contributed by atoms with Crippen molar-refractivity contribution in [1.29, 1.82) is 0 Å². The molecule has 0 aromatic carbocycles. The lowest BCUT2D eigenvalue weighted by atomic mass is 9.85. The Hall–Kier alpha value is -1.75. The number of nitrogens with one attached hydrogen (secondary N) is 3. The van der Waals surface area contributed by atoms with Gasteiger partial charge in [-0.15, -0.1) is 5.53 Å². The van der Waals surface area contributed by atoms with E-state index in [1.165, 1.54) is 49.1 Å². The number of H-pyrrole nitrogens is 1. The Balaban J connectivity index is 1.78. The fraction of sp³-hybridized carbons (Fsp3) is 0.462.